The third-order valence-corrected chi connectivity index (χ3v) is 6.12. The molecule has 0 aromatic carbocycles. The van der Waals surface area contributed by atoms with Gasteiger partial charge in [-0.15, -0.1) is 0 Å². The molecule has 8 nitrogen and oxygen atoms in total. The summed E-state index contributed by atoms with van der Waals surface area (Å²) >= 11 is 1.22. The average Bonchev–Trinajstić information content (AvgIpc) is 3.10. The quantitative estimate of drug-likeness (QED) is 0.548. The van der Waals surface area contributed by atoms with E-state index in [2.05, 4.69) is 20.2 Å². The summed E-state index contributed by atoms with van der Waals surface area (Å²) in [7, 11) is 2.00. The van der Waals surface area contributed by atoms with Gasteiger partial charge in [0.05, 0.1) is 11.7 Å². The van der Waals surface area contributed by atoms with Crippen molar-refractivity contribution in [3.05, 3.63) is 22.1 Å². The van der Waals surface area contributed by atoms with Crippen molar-refractivity contribution in [2.24, 2.45) is 5.92 Å². The molecule has 0 radical (unpaired) electrons. The lowest BCUT2D eigenvalue weighted by molar-refractivity contribution is -0.135. The largest absolute Gasteiger partial charge is 0.351 e. The Kier molecular flexibility index (Phi) is 7.12. The predicted molar refractivity (Wildman–Crippen MR) is 108 cm³/mol. The number of likely N-dealkylation sites (N-methyl/N-ethyl adjacent to an activating group) is 1. The molecule has 1 aromatic rings. The maximum Gasteiger partial charge on any atom is 0.251 e. The van der Waals surface area contributed by atoms with Crippen LogP contribution in [0.25, 0.3) is 0 Å². The van der Waals surface area contributed by atoms with E-state index in [4.69, 9.17) is 0 Å². The van der Waals surface area contributed by atoms with Crippen LogP contribution in [0.1, 0.15) is 31.4 Å². The van der Waals surface area contributed by atoms with Crippen LogP contribution in [0.15, 0.2) is 16.0 Å². The molecule has 2 aliphatic rings. The Labute approximate surface area is 169 Å². The van der Waals surface area contributed by atoms with Crippen molar-refractivity contribution in [3.8, 4) is 0 Å². The molecule has 2 aliphatic heterocycles. The summed E-state index contributed by atoms with van der Waals surface area (Å²) in [6, 6.07) is 1.45. The van der Waals surface area contributed by atoms with E-state index >= 15 is 0 Å². The second-order valence-electron chi connectivity index (χ2n) is 7.77. The molecule has 0 bridgehead atoms. The average molecular weight is 408 g/mol. The summed E-state index contributed by atoms with van der Waals surface area (Å²) in [4.78, 5) is 47.5. The van der Waals surface area contributed by atoms with Gasteiger partial charge >= 0.3 is 0 Å². The maximum atomic E-state index is 12.7. The van der Waals surface area contributed by atoms with Gasteiger partial charge in [-0.3, -0.25) is 14.4 Å². The first-order chi connectivity index (χ1) is 13.4. The number of aromatic amines is 1. The van der Waals surface area contributed by atoms with Crippen molar-refractivity contribution in [2.45, 2.75) is 43.8 Å². The third kappa shape index (κ3) is 5.81. The van der Waals surface area contributed by atoms with E-state index in [0.29, 0.717) is 10.9 Å². The molecule has 9 heteroatoms. The number of carbonyl (C=O) groups excluding carboxylic acids is 2. The molecule has 3 heterocycles. The van der Waals surface area contributed by atoms with Gasteiger partial charge in [-0.25, -0.2) is 4.98 Å². The van der Waals surface area contributed by atoms with E-state index in [-0.39, 0.29) is 35.1 Å². The van der Waals surface area contributed by atoms with Crippen LogP contribution in [-0.2, 0) is 9.59 Å². The number of H-pyrrole nitrogens is 1. The molecular weight excluding hydrogens is 378 g/mol. The van der Waals surface area contributed by atoms with Crippen LogP contribution in [0.4, 0.5) is 0 Å². The number of aromatic nitrogens is 2. The highest BCUT2D eigenvalue weighted by Gasteiger charge is 2.31. The van der Waals surface area contributed by atoms with Crippen molar-refractivity contribution in [3.63, 3.8) is 0 Å². The highest BCUT2D eigenvalue weighted by atomic mass is 32.2. The summed E-state index contributed by atoms with van der Waals surface area (Å²) < 4.78 is 0. The first kappa shape index (κ1) is 20.9. The summed E-state index contributed by atoms with van der Waals surface area (Å²) in [5, 5.41) is 3.52. The number of likely N-dealkylation sites (tertiary alicyclic amines) is 2. The molecule has 0 saturated carbocycles. The minimum Gasteiger partial charge on any atom is -0.351 e. The first-order valence-electron chi connectivity index (χ1n) is 9.88. The maximum absolute atomic E-state index is 12.7. The van der Waals surface area contributed by atoms with Crippen LogP contribution in [0.2, 0.25) is 0 Å². The summed E-state index contributed by atoms with van der Waals surface area (Å²) in [5.41, 5.74) is 0.417. The van der Waals surface area contributed by atoms with Crippen molar-refractivity contribution in [1.29, 1.82) is 0 Å². The Balaban J connectivity index is 1.49. The first-order valence-corrected chi connectivity index (χ1v) is 10.9. The molecule has 2 amide bonds. The molecule has 154 valence electrons. The zero-order valence-electron chi connectivity index (χ0n) is 16.6. The zero-order valence-corrected chi connectivity index (χ0v) is 17.4. The molecule has 0 unspecified atom stereocenters. The van der Waals surface area contributed by atoms with Crippen LogP contribution in [0.5, 0.6) is 0 Å². The Morgan fingerprint density at radius 1 is 1.29 bits per heavy atom. The van der Waals surface area contributed by atoms with Crippen LogP contribution < -0.4 is 10.9 Å². The van der Waals surface area contributed by atoms with Gasteiger partial charge in [0.25, 0.3) is 5.56 Å². The second-order valence-corrected chi connectivity index (χ2v) is 8.74. The molecule has 0 spiro atoms. The molecule has 1 aromatic heterocycles. The normalized spacial score (nSPS) is 23.4. The molecule has 3 rings (SSSR count). The van der Waals surface area contributed by atoms with Gasteiger partial charge in [-0.05, 0) is 39.7 Å². The fourth-order valence-electron chi connectivity index (χ4n) is 3.95. The predicted octanol–water partition coefficient (Wildman–Crippen LogP) is 0.619. The van der Waals surface area contributed by atoms with Gasteiger partial charge in [0.2, 0.25) is 11.8 Å². The van der Waals surface area contributed by atoms with E-state index < -0.39 is 0 Å². The van der Waals surface area contributed by atoms with Crippen molar-refractivity contribution in [1.82, 2.24) is 25.1 Å². The lowest BCUT2D eigenvalue weighted by atomic mass is 10.0. The number of aryl methyl sites for hydroxylation is 1. The smallest absolute Gasteiger partial charge is 0.251 e. The standard InChI is InChI=1S/C19H29N5O3S/c1-13-9-16(25)22-19(20-13)28-12-17(26)21-15-6-5-14(10-23(2)11-15)18(27)24-7-3-4-8-24/h9,14-15H,3-8,10-12H2,1-2H3,(H,21,26)(H,20,22,25)/t14-,15+/m1/s1. The van der Waals surface area contributed by atoms with Gasteiger partial charge < -0.3 is 20.1 Å². The Bertz CT molecular complexity index is 762. The lowest BCUT2D eigenvalue weighted by Gasteiger charge is -2.24. The third-order valence-electron chi connectivity index (χ3n) is 5.25. The molecule has 2 saturated heterocycles. The van der Waals surface area contributed by atoms with Gasteiger partial charge in [0, 0.05) is 44.0 Å². The number of carbonyl (C=O) groups is 2. The van der Waals surface area contributed by atoms with E-state index in [1.807, 2.05) is 11.9 Å². The van der Waals surface area contributed by atoms with Gasteiger partial charge in [-0.1, -0.05) is 11.8 Å². The van der Waals surface area contributed by atoms with E-state index in [9.17, 15) is 14.4 Å². The molecular formula is C19H29N5O3S. The number of hydrogen-bond acceptors (Lipinski definition) is 6. The highest BCUT2D eigenvalue weighted by molar-refractivity contribution is 7.99. The number of thioether (sulfide) groups is 1. The van der Waals surface area contributed by atoms with E-state index in [0.717, 1.165) is 51.9 Å². The van der Waals surface area contributed by atoms with Crippen molar-refractivity contribution in [2.75, 3.05) is 39.0 Å². The molecule has 2 atom stereocenters. The van der Waals surface area contributed by atoms with Gasteiger partial charge in [0.15, 0.2) is 5.16 Å². The number of hydrogen-bond donors (Lipinski definition) is 2. The Morgan fingerprint density at radius 2 is 2.04 bits per heavy atom. The van der Waals surface area contributed by atoms with Crippen molar-refractivity contribution < 1.29 is 9.59 Å². The number of nitrogens with one attached hydrogen (secondary N) is 2. The number of amides is 2. The van der Waals surface area contributed by atoms with Crippen LogP contribution in [0, 0.1) is 12.8 Å². The molecule has 2 fully saturated rings. The fourth-order valence-corrected chi connectivity index (χ4v) is 4.68. The van der Waals surface area contributed by atoms with E-state index in [1.165, 1.54) is 17.8 Å². The summed E-state index contributed by atoms with van der Waals surface area (Å²) in [6.07, 6.45) is 3.80. The number of rotatable bonds is 5. The zero-order chi connectivity index (χ0) is 20.1. The Morgan fingerprint density at radius 3 is 2.75 bits per heavy atom. The van der Waals surface area contributed by atoms with Crippen LogP contribution >= 0.6 is 11.8 Å². The van der Waals surface area contributed by atoms with E-state index in [1.54, 1.807) is 6.92 Å². The highest BCUT2D eigenvalue weighted by Crippen LogP contribution is 2.21. The SMILES string of the molecule is Cc1cc(=O)[nH]c(SCC(=O)N[C@H]2CC[C@@H](C(=O)N3CCCC3)CN(C)C2)n1. The molecule has 28 heavy (non-hydrogen) atoms. The molecule has 2 N–H and O–H groups in total. The van der Waals surface area contributed by atoms with Crippen molar-refractivity contribution >= 4 is 23.6 Å². The second kappa shape index (κ2) is 9.56. The minimum atomic E-state index is -0.213. The lowest BCUT2D eigenvalue weighted by Crippen LogP contribution is -2.42. The molecule has 0 aliphatic carbocycles. The number of nitrogens with zero attached hydrogens (tertiary/aromatic N) is 3. The van der Waals surface area contributed by atoms with Crippen LogP contribution in [-0.4, -0.2) is 76.6 Å². The Hall–Kier alpha value is -1.87. The topological polar surface area (TPSA) is 98.4 Å². The summed E-state index contributed by atoms with van der Waals surface area (Å²) in [5.74, 6) is 0.391. The van der Waals surface area contributed by atoms with Crippen LogP contribution in [0.3, 0.4) is 0 Å². The monoisotopic (exact) mass is 407 g/mol. The minimum absolute atomic E-state index is 0.0148. The van der Waals surface area contributed by atoms with Gasteiger partial charge in [-0.2, -0.15) is 0 Å². The summed E-state index contributed by atoms with van der Waals surface area (Å²) in [6.45, 7) is 4.99. The van der Waals surface area contributed by atoms with Gasteiger partial charge in [0.1, 0.15) is 0 Å². The fraction of sp³-hybridized carbons (Fsp3) is 0.684.